The first-order valence-corrected chi connectivity index (χ1v) is 10.1. The third-order valence-electron chi connectivity index (χ3n) is 3.88. The second-order valence-electron chi connectivity index (χ2n) is 6.39. The van der Waals surface area contributed by atoms with Gasteiger partial charge in [0.25, 0.3) is 5.91 Å². The van der Waals surface area contributed by atoms with Crippen LogP contribution in [0.1, 0.15) is 42.3 Å². The zero-order valence-corrected chi connectivity index (χ0v) is 18.4. The van der Waals surface area contributed by atoms with Gasteiger partial charge in [0.05, 0.1) is 19.8 Å². The van der Waals surface area contributed by atoms with E-state index in [2.05, 4.69) is 16.7 Å². The molecular weight excluding hydrogens is 388 g/mol. The molecule has 0 heterocycles. The Hall–Kier alpha value is -2.80. The van der Waals surface area contributed by atoms with Gasteiger partial charge in [-0.2, -0.15) is 0 Å². The summed E-state index contributed by atoms with van der Waals surface area (Å²) in [5.41, 5.74) is 3.40. The number of nitrogens with one attached hydrogen (secondary N) is 2. The van der Waals surface area contributed by atoms with Crippen molar-refractivity contribution in [2.75, 3.05) is 25.1 Å². The van der Waals surface area contributed by atoms with E-state index in [1.165, 1.54) is 0 Å². The number of ether oxygens (including phenoxy) is 3. The number of aryl methyl sites for hydroxylation is 2. The Morgan fingerprint density at radius 3 is 1.86 bits per heavy atom. The van der Waals surface area contributed by atoms with Crippen molar-refractivity contribution < 1.29 is 19.0 Å². The first kappa shape index (κ1) is 22.5. The molecule has 2 rings (SSSR count). The predicted octanol–water partition coefficient (Wildman–Crippen LogP) is 4.63. The number of hydrogen-bond donors (Lipinski definition) is 2. The van der Waals surface area contributed by atoms with Crippen LogP contribution in [0.15, 0.2) is 30.3 Å². The molecule has 0 saturated heterocycles. The fourth-order valence-corrected chi connectivity index (χ4v) is 3.11. The minimum atomic E-state index is -0.364. The van der Waals surface area contributed by atoms with Crippen LogP contribution in [0, 0.1) is 13.8 Å². The minimum absolute atomic E-state index is 0.213. The van der Waals surface area contributed by atoms with Crippen LogP contribution in [0.2, 0.25) is 0 Å². The third-order valence-corrected chi connectivity index (χ3v) is 4.08. The van der Waals surface area contributed by atoms with Crippen LogP contribution in [0.25, 0.3) is 0 Å². The summed E-state index contributed by atoms with van der Waals surface area (Å²) in [5, 5.41) is 5.96. The van der Waals surface area contributed by atoms with Crippen molar-refractivity contribution in [3.05, 3.63) is 47.0 Å². The highest BCUT2D eigenvalue weighted by molar-refractivity contribution is 7.80. The fraction of sp³-hybridized carbons (Fsp3) is 0.364. The number of benzene rings is 2. The Balaban J connectivity index is 2.23. The van der Waals surface area contributed by atoms with Gasteiger partial charge in [-0.1, -0.05) is 6.07 Å². The number of amides is 1. The summed E-state index contributed by atoms with van der Waals surface area (Å²) in [5.74, 6) is 1.04. The Morgan fingerprint density at radius 2 is 1.38 bits per heavy atom. The van der Waals surface area contributed by atoms with E-state index in [4.69, 9.17) is 26.4 Å². The van der Waals surface area contributed by atoms with Crippen molar-refractivity contribution in [1.82, 2.24) is 5.32 Å². The van der Waals surface area contributed by atoms with Crippen LogP contribution >= 0.6 is 12.2 Å². The lowest BCUT2D eigenvalue weighted by Crippen LogP contribution is -2.34. The number of carbonyl (C=O) groups excluding carboxylic acids is 1. The average molecular weight is 417 g/mol. The van der Waals surface area contributed by atoms with Crippen molar-refractivity contribution in [2.45, 2.75) is 34.6 Å². The number of hydrogen-bond acceptors (Lipinski definition) is 5. The molecule has 7 heteroatoms. The second kappa shape index (κ2) is 10.7. The quantitative estimate of drug-likeness (QED) is 0.612. The first-order valence-electron chi connectivity index (χ1n) is 9.64. The van der Waals surface area contributed by atoms with E-state index in [0.717, 1.165) is 16.8 Å². The lowest BCUT2D eigenvalue weighted by molar-refractivity contribution is 0.0976. The molecule has 0 spiro atoms. The first-order chi connectivity index (χ1) is 13.9. The summed E-state index contributed by atoms with van der Waals surface area (Å²) in [6.45, 7) is 10.9. The van der Waals surface area contributed by atoms with E-state index in [0.29, 0.717) is 42.6 Å². The van der Waals surface area contributed by atoms with Gasteiger partial charge in [0, 0.05) is 11.3 Å². The van der Waals surface area contributed by atoms with Crippen molar-refractivity contribution in [3.63, 3.8) is 0 Å². The topological polar surface area (TPSA) is 68.8 Å². The van der Waals surface area contributed by atoms with E-state index < -0.39 is 0 Å². The van der Waals surface area contributed by atoms with Gasteiger partial charge in [0.2, 0.25) is 5.75 Å². The molecule has 2 aromatic carbocycles. The Labute approximate surface area is 177 Å². The van der Waals surface area contributed by atoms with Gasteiger partial charge in [-0.15, -0.1) is 0 Å². The van der Waals surface area contributed by atoms with Crippen molar-refractivity contribution in [3.8, 4) is 17.2 Å². The van der Waals surface area contributed by atoms with Crippen LogP contribution in [0.3, 0.4) is 0 Å². The molecule has 0 aliphatic rings. The normalized spacial score (nSPS) is 10.2. The molecule has 29 heavy (non-hydrogen) atoms. The highest BCUT2D eigenvalue weighted by Gasteiger charge is 2.19. The maximum atomic E-state index is 12.8. The van der Waals surface area contributed by atoms with Crippen LogP contribution in [0.4, 0.5) is 5.69 Å². The van der Waals surface area contributed by atoms with Crippen LogP contribution in [-0.4, -0.2) is 30.8 Å². The van der Waals surface area contributed by atoms with Gasteiger partial charge in [-0.05, 0) is 82.2 Å². The van der Waals surface area contributed by atoms with Crippen LogP contribution < -0.4 is 24.8 Å². The minimum Gasteiger partial charge on any atom is -0.490 e. The van der Waals surface area contributed by atoms with Gasteiger partial charge >= 0.3 is 0 Å². The Kier molecular flexibility index (Phi) is 8.27. The zero-order chi connectivity index (χ0) is 21.4. The van der Waals surface area contributed by atoms with E-state index >= 15 is 0 Å². The molecule has 0 bridgehead atoms. The zero-order valence-electron chi connectivity index (χ0n) is 17.5. The van der Waals surface area contributed by atoms with E-state index in [1.54, 1.807) is 12.1 Å². The monoisotopic (exact) mass is 416 g/mol. The van der Waals surface area contributed by atoms with Crippen molar-refractivity contribution in [1.29, 1.82) is 0 Å². The molecule has 0 saturated carbocycles. The molecular formula is C22H28N2O4S. The van der Waals surface area contributed by atoms with Gasteiger partial charge in [-0.25, -0.2) is 0 Å². The van der Waals surface area contributed by atoms with Crippen LogP contribution in [-0.2, 0) is 0 Å². The SMILES string of the molecule is CCOc1cc(C(=O)NC(=S)Nc2cc(C)cc(C)c2)cc(OCC)c1OCC. The summed E-state index contributed by atoms with van der Waals surface area (Å²) in [4.78, 5) is 12.8. The largest absolute Gasteiger partial charge is 0.490 e. The number of rotatable bonds is 8. The lowest BCUT2D eigenvalue weighted by Gasteiger charge is -2.17. The molecule has 0 aliphatic carbocycles. The van der Waals surface area contributed by atoms with E-state index in [1.807, 2.05) is 46.8 Å². The number of thiocarbonyl (C=S) groups is 1. The summed E-state index contributed by atoms with van der Waals surface area (Å²) < 4.78 is 17.0. The molecule has 156 valence electrons. The molecule has 0 fully saturated rings. The fourth-order valence-electron chi connectivity index (χ4n) is 2.90. The van der Waals surface area contributed by atoms with Gasteiger partial charge < -0.3 is 19.5 Å². The molecule has 1 amide bonds. The molecule has 0 unspecified atom stereocenters. The summed E-state index contributed by atoms with van der Waals surface area (Å²) in [6.07, 6.45) is 0. The van der Waals surface area contributed by atoms with E-state index in [9.17, 15) is 4.79 Å². The third kappa shape index (κ3) is 6.35. The molecule has 0 aromatic heterocycles. The number of carbonyl (C=O) groups is 1. The van der Waals surface area contributed by atoms with Gasteiger partial charge in [0.15, 0.2) is 16.6 Å². The highest BCUT2D eigenvalue weighted by Crippen LogP contribution is 2.39. The Morgan fingerprint density at radius 1 is 0.862 bits per heavy atom. The van der Waals surface area contributed by atoms with Gasteiger partial charge in [0.1, 0.15) is 0 Å². The summed E-state index contributed by atoms with van der Waals surface area (Å²) in [7, 11) is 0. The standard InChI is InChI=1S/C22H28N2O4S/c1-6-26-18-12-16(13-19(27-7-2)20(18)28-8-3)21(25)24-22(29)23-17-10-14(4)9-15(5)11-17/h9-13H,6-8H2,1-5H3,(H2,23,24,25,29). The molecule has 0 aliphatic heterocycles. The summed E-state index contributed by atoms with van der Waals surface area (Å²) in [6, 6.07) is 9.25. The molecule has 2 aromatic rings. The maximum absolute atomic E-state index is 12.8. The van der Waals surface area contributed by atoms with Crippen LogP contribution in [0.5, 0.6) is 17.2 Å². The molecule has 0 radical (unpaired) electrons. The average Bonchev–Trinajstić information content (AvgIpc) is 2.63. The molecule has 2 N–H and O–H groups in total. The lowest BCUT2D eigenvalue weighted by atomic mass is 10.1. The summed E-state index contributed by atoms with van der Waals surface area (Å²) >= 11 is 5.30. The van der Waals surface area contributed by atoms with Crippen molar-refractivity contribution >= 4 is 28.9 Å². The highest BCUT2D eigenvalue weighted by atomic mass is 32.1. The Bertz CT molecular complexity index is 836. The smallest absolute Gasteiger partial charge is 0.257 e. The van der Waals surface area contributed by atoms with E-state index in [-0.39, 0.29) is 11.0 Å². The second-order valence-corrected chi connectivity index (χ2v) is 6.79. The predicted molar refractivity (Wildman–Crippen MR) is 120 cm³/mol. The number of anilines is 1. The molecule has 6 nitrogen and oxygen atoms in total. The maximum Gasteiger partial charge on any atom is 0.257 e. The molecule has 0 atom stereocenters. The van der Waals surface area contributed by atoms with Gasteiger partial charge in [-0.3, -0.25) is 10.1 Å². The van der Waals surface area contributed by atoms with Crippen molar-refractivity contribution in [2.24, 2.45) is 0 Å².